The zero-order valence-electron chi connectivity index (χ0n) is 7.58. The molecule has 2 N–H and O–H groups in total. The van der Waals surface area contributed by atoms with Gasteiger partial charge < -0.3 is 15.2 Å². The first kappa shape index (κ1) is 8.48. The Morgan fingerprint density at radius 3 is 2.58 bits per heavy atom. The average molecular weight is 171 g/mol. The van der Waals surface area contributed by atoms with E-state index in [1.165, 1.54) is 0 Å². The van der Waals surface area contributed by atoms with E-state index in [1.54, 1.807) is 7.11 Å². The molecular formula is C9H17NO2. The zero-order chi connectivity index (χ0) is 8.60. The second-order valence-electron chi connectivity index (χ2n) is 3.84. The highest BCUT2D eigenvalue weighted by atomic mass is 16.5. The number of rotatable bonds is 2. The lowest BCUT2D eigenvalue weighted by atomic mass is 9.93. The topological polar surface area (TPSA) is 44.5 Å². The third-order valence-corrected chi connectivity index (χ3v) is 3.49. The average Bonchev–Trinajstić information content (AvgIpc) is 2.73. The Kier molecular flexibility index (Phi) is 2.10. The highest BCUT2D eigenvalue weighted by molar-refractivity contribution is 5.13. The predicted molar refractivity (Wildman–Crippen MR) is 45.8 cm³/mol. The molecule has 0 aromatic heterocycles. The molecule has 1 aliphatic heterocycles. The molecule has 0 aromatic carbocycles. The third-order valence-electron chi connectivity index (χ3n) is 3.49. The SMILES string of the molecule is CO[C@@H]1[C@H](CN)C12CCOCC2. The van der Waals surface area contributed by atoms with Crippen molar-refractivity contribution in [1.29, 1.82) is 0 Å². The molecule has 1 aliphatic carbocycles. The summed E-state index contributed by atoms with van der Waals surface area (Å²) in [6, 6.07) is 0. The van der Waals surface area contributed by atoms with Crippen LogP contribution in [0.25, 0.3) is 0 Å². The Morgan fingerprint density at radius 1 is 1.50 bits per heavy atom. The third kappa shape index (κ3) is 1.00. The quantitative estimate of drug-likeness (QED) is 0.653. The van der Waals surface area contributed by atoms with Crippen molar-refractivity contribution in [3.05, 3.63) is 0 Å². The van der Waals surface area contributed by atoms with Gasteiger partial charge in [-0.25, -0.2) is 0 Å². The van der Waals surface area contributed by atoms with Gasteiger partial charge in [0.25, 0.3) is 0 Å². The Labute approximate surface area is 73.2 Å². The van der Waals surface area contributed by atoms with Gasteiger partial charge in [0.05, 0.1) is 6.10 Å². The Morgan fingerprint density at radius 2 is 2.17 bits per heavy atom. The number of hydrogen-bond donors (Lipinski definition) is 1. The number of nitrogens with two attached hydrogens (primary N) is 1. The molecule has 0 amide bonds. The summed E-state index contributed by atoms with van der Waals surface area (Å²) in [5.41, 5.74) is 6.08. The summed E-state index contributed by atoms with van der Waals surface area (Å²) in [5.74, 6) is 0.589. The van der Waals surface area contributed by atoms with Crippen molar-refractivity contribution in [3.63, 3.8) is 0 Å². The van der Waals surface area contributed by atoms with Crippen molar-refractivity contribution in [3.8, 4) is 0 Å². The van der Waals surface area contributed by atoms with E-state index in [-0.39, 0.29) is 0 Å². The van der Waals surface area contributed by atoms with E-state index in [4.69, 9.17) is 15.2 Å². The first-order chi connectivity index (χ1) is 5.85. The van der Waals surface area contributed by atoms with E-state index in [0.717, 1.165) is 32.6 Å². The van der Waals surface area contributed by atoms with E-state index in [1.807, 2.05) is 0 Å². The lowest BCUT2D eigenvalue weighted by molar-refractivity contribution is 0.0292. The number of ether oxygens (including phenoxy) is 2. The van der Waals surface area contributed by atoms with Gasteiger partial charge >= 0.3 is 0 Å². The largest absolute Gasteiger partial charge is 0.381 e. The molecule has 1 saturated carbocycles. The summed E-state index contributed by atoms with van der Waals surface area (Å²) >= 11 is 0. The van der Waals surface area contributed by atoms with Crippen LogP contribution in [0.1, 0.15) is 12.8 Å². The fraction of sp³-hybridized carbons (Fsp3) is 1.00. The van der Waals surface area contributed by atoms with E-state index in [2.05, 4.69) is 0 Å². The van der Waals surface area contributed by atoms with Gasteiger partial charge in [0.15, 0.2) is 0 Å². The van der Waals surface area contributed by atoms with Gasteiger partial charge in [-0.15, -0.1) is 0 Å². The van der Waals surface area contributed by atoms with Crippen LogP contribution in [0.3, 0.4) is 0 Å². The maximum atomic E-state index is 5.68. The summed E-state index contributed by atoms with van der Waals surface area (Å²) in [6.45, 7) is 2.53. The molecule has 2 rings (SSSR count). The molecule has 3 nitrogen and oxygen atoms in total. The Hall–Kier alpha value is -0.120. The first-order valence-corrected chi connectivity index (χ1v) is 4.66. The van der Waals surface area contributed by atoms with E-state index in [0.29, 0.717) is 17.4 Å². The minimum absolute atomic E-state index is 0.391. The smallest absolute Gasteiger partial charge is 0.0679 e. The summed E-state index contributed by atoms with van der Waals surface area (Å²) in [5, 5.41) is 0. The van der Waals surface area contributed by atoms with Crippen molar-refractivity contribution in [2.75, 3.05) is 26.9 Å². The Balaban J connectivity index is 2.01. The standard InChI is InChI=1S/C9H17NO2/c1-11-8-7(6-10)9(8)2-4-12-5-3-9/h7-8H,2-6,10H2,1H3/t7-,8+/m0/s1. The van der Waals surface area contributed by atoms with Gasteiger partial charge in [-0.05, 0) is 19.4 Å². The molecule has 12 heavy (non-hydrogen) atoms. The highest BCUT2D eigenvalue weighted by Gasteiger charge is 2.64. The fourth-order valence-electron chi connectivity index (χ4n) is 2.70. The molecule has 70 valence electrons. The van der Waals surface area contributed by atoms with Crippen molar-refractivity contribution in [1.82, 2.24) is 0 Å². The van der Waals surface area contributed by atoms with E-state index < -0.39 is 0 Å². The highest BCUT2D eigenvalue weighted by Crippen LogP contribution is 2.60. The van der Waals surface area contributed by atoms with Crippen LogP contribution in [-0.2, 0) is 9.47 Å². The second-order valence-corrected chi connectivity index (χ2v) is 3.84. The molecule has 2 fully saturated rings. The van der Waals surface area contributed by atoms with Crippen molar-refractivity contribution >= 4 is 0 Å². The minimum Gasteiger partial charge on any atom is -0.381 e. The van der Waals surface area contributed by atoms with Gasteiger partial charge in [-0.3, -0.25) is 0 Å². The van der Waals surface area contributed by atoms with E-state index in [9.17, 15) is 0 Å². The molecule has 2 atom stereocenters. The number of methoxy groups -OCH3 is 1. The molecule has 3 heteroatoms. The fourth-order valence-corrected chi connectivity index (χ4v) is 2.70. The molecule has 2 aliphatic rings. The Bertz CT molecular complexity index is 154. The molecular weight excluding hydrogens is 154 g/mol. The van der Waals surface area contributed by atoms with Crippen LogP contribution in [0.4, 0.5) is 0 Å². The van der Waals surface area contributed by atoms with Crippen LogP contribution in [0, 0.1) is 11.3 Å². The normalized spacial score (nSPS) is 38.5. The number of hydrogen-bond acceptors (Lipinski definition) is 3. The van der Waals surface area contributed by atoms with Gasteiger partial charge in [0.2, 0.25) is 0 Å². The maximum Gasteiger partial charge on any atom is 0.0679 e. The van der Waals surface area contributed by atoms with Crippen LogP contribution in [0.2, 0.25) is 0 Å². The zero-order valence-corrected chi connectivity index (χ0v) is 7.58. The molecule has 0 radical (unpaired) electrons. The van der Waals surface area contributed by atoms with E-state index >= 15 is 0 Å². The lowest BCUT2D eigenvalue weighted by Crippen LogP contribution is -2.22. The van der Waals surface area contributed by atoms with Crippen LogP contribution >= 0.6 is 0 Å². The maximum absolute atomic E-state index is 5.68. The van der Waals surface area contributed by atoms with Gasteiger partial charge in [-0.2, -0.15) is 0 Å². The second kappa shape index (κ2) is 2.98. The summed E-state index contributed by atoms with van der Waals surface area (Å²) in [4.78, 5) is 0. The van der Waals surface area contributed by atoms with Gasteiger partial charge in [0.1, 0.15) is 0 Å². The lowest BCUT2D eigenvalue weighted by Gasteiger charge is -2.22. The van der Waals surface area contributed by atoms with Crippen molar-refractivity contribution in [2.24, 2.45) is 17.1 Å². The molecule has 1 heterocycles. The molecule has 1 saturated heterocycles. The van der Waals surface area contributed by atoms with Crippen LogP contribution in [0.15, 0.2) is 0 Å². The van der Waals surface area contributed by atoms with Crippen LogP contribution in [-0.4, -0.2) is 33.0 Å². The minimum atomic E-state index is 0.391. The molecule has 0 aromatic rings. The summed E-state index contributed by atoms with van der Waals surface area (Å²) < 4.78 is 10.8. The van der Waals surface area contributed by atoms with Crippen molar-refractivity contribution in [2.45, 2.75) is 18.9 Å². The molecule has 1 spiro atoms. The molecule has 0 unspecified atom stereocenters. The van der Waals surface area contributed by atoms with Crippen LogP contribution < -0.4 is 5.73 Å². The first-order valence-electron chi connectivity index (χ1n) is 4.66. The van der Waals surface area contributed by atoms with Gasteiger partial charge in [0, 0.05) is 31.7 Å². The van der Waals surface area contributed by atoms with Gasteiger partial charge in [-0.1, -0.05) is 0 Å². The van der Waals surface area contributed by atoms with Crippen LogP contribution in [0.5, 0.6) is 0 Å². The molecule has 0 bridgehead atoms. The monoisotopic (exact) mass is 171 g/mol. The summed E-state index contributed by atoms with van der Waals surface area (Å²) in [7, 11) is 1.79. The van der Waals surface area contributed by atoms with Crippen molar-refractivity contribution < 1.29 is 9.47 Å². The predicted octanol–water partition coefficient (Wildman–Crippen LogP) is 0.387. The summed E-state index contributed by atoms with van der Waals surface area (Å²) in [6.07, 6.45) is 2.67.